The zero-order valence-corrected chi connectivity index (χ0v) is 26.8. The highest BCUT2D eigenvalue weighted by atomic mass is 35.5. The maximum Gasteiger partial charge on any atom is 0.224 e. The van der Waals surface area contributed by atoms with Crippen molar-refractivity contribution in [2.24, 2.45) is 0 Å². The maximum atomic E-state index is 6.21. The third-order valence-electron chi connectivity index (χ3n) is 8.70. The van der Waals surface area contributed by atoms with Gasteiger partial charge < -0.3 is 0 Å². The van der Waals surface area contributed by atoms with Gasteiger partial charge in [-0.25, -0.2) is 9.97 Å². The topological polar surface area (TPSA) is 61.4 Å². The molecule has 4 heterocycles. The number of aromatic nitrogens is 6. The Morgan fingerprint density at radius 2 is 0.583 bits per heavy atom. The number of rotatable bonds is 2. The largest absolute Gasteiger partial charge is 0.293 e. The molecule has 10 aromatic rings. The average molecular weight is 660 g/mol. The lowest BCUT2D eigenvalue weighted by Crippen LogP contribution is -2.00. The fraction of sp³-hybridized carbons (Fsp3) is 0. The van der Waals surface area contributed by atoms with Gasteiger partial charge >= 0.3 is 0 Å². The number of hydrogen-bond donors (Lipinski definition) is 0. The molecule has 0 spiro atoms. The molecule has 0 amide bonds. The predicted molar refractivity (Wildman–Crippen MR) is 198 cm³/mol. The van der Waals surface area contributed by atoms with Gasteiger partial charge in [0.05, 0.1) is 33.1 Å². The van der Waals surface area contributed by atoms with E-state index in [1.54, 1.807) is 0 Å². The van der Waals surface area contributed by atoms with E-state index in [0.29, 0.717) is 0 Å². The first-order valence-corrected chi connectivity index (χ1v) is 16.2. The van der Waals surface area contributed by atoms with E-state index >= 15 is 0 Å². The van der Waals surface area contributed by atoms with Gasteiger partial charge in [0.15, 0.2) is 11.6 Å². The van der Waals surface area contributed by atoms with Gasteiger partial charge in [-0.05, 0) is 71.7 Å². The van der Waals surface area contributed by atoms with Gasteiger partial charge in [0.2, 0.25) is 10.6 Å². The van der Waals surface area contributed by atoms with Crippen molar-refractivity contribution in [1.29, 1.82) is 0 Å². The predicted octanol–water partition coefficient (Wildman–Crippen LogP) is 10.8. The summed E-state index contributed by atoms with van der Waals surface area (Å²) in [6, 6.07) is 49.3. The van der Waals surface area contributed by atoms with Crippen molar-refractivity contribution in [1.82, 2.24) is 29.1 Å². The average Bonchev–Trinajstić information content (AvgIpc) is 3.64. The van der Waals surface area contributed by atoms with Crippen LogP contribution in [0.25, 0.3) is 77.1 Å². The minimum atomic E-state index is 0.255. The van der Waals surface area contributed by atoms with E-state index < -0.39 is 0 Å². The van der Waals surface area contributed by atoms with E-state index in [-0.39, 0.29) is 10.6 Å². The Labute approximate surface area is 284 Å². The highest BCUT2D eigenvalue weighted by molar-refractivity contribution is 6.29. The van der Waals surface area contributed by atoms with Crippen molar-refractivity contribution in [2.75, 3.05) is 0 Å². The Morgan fingerprint density at radius 1 is 0.312 bits per heavy atom. The van der Waals surface area contributed by atoms with Crippen LogP contribution < -0.4 is 0 Å². The van der Waals surface area contributed by atoms with Crippen molar-refractivity contribution < 1.29 is 0 Å². The van der Waals surface area contributed by atoms with Gasteiger partial charge in [-0.15, -0.1) is 0 Å². The number of benzene rings is 6. The van der Waals surface area contributed by atoms with E-state index in [9.17, 15) is 0 Å². The van der Waals surface area contributed by atoms with Crippen LogP contribution in [-0.2, 0) is 0 Å². The fourth-order valence-corrected chi connectivity index (χ4v) is 7.05. The van der Waals surface area contributed by atoms with Crippen LogP contribution in [0.3, 0.4) is 0 Å². The van der Waals surface area contributed by atoms with Crippen molar-refractivity contribution in [3.05, 3.63) is 156 Å². The lowest BCUT2D eigenvalue weighted by atomic mass is 10.2. The van der Waals surface area contributed by atoms with Crippen molar-refractivity contribution in [3.8, 4) is 11.6 Å². The summed E-state index contributed by atoms with van der Waals surface area (Å²) in [6.07, 6.45) is 0. The summed E-state index contributed by atoms with van der Waals surface area (Å²) in [5.41, 5.74) is 6.12. The molecule has 0 atom stereocenters. The lowest BCUT2D eigenvalue weighted by Gasteiger charge is -2.10. The van der Waals surface area contributed by atoms with Gasteiger partial charge in [0, 0.05) is 32.3 Å². The molecule has 6 nitrogen and oxygen atoms in total. The first kappa shape index (κ1) is 28.4. The molecule has 0 aliphatic carbocycles. The molecular formula is C40H24Cl2N6. The molecule has 0 unspecified atom stereocenters. The number of nitrogens with zero attached hydrogens (tertiary/aromatic N) is 6. The Hall–Kier alpha value is -5.82. The molecule has 0 aliphatic heterocycles. The van der Waals surface area contributed by atoms with Crippen LogP contribution in [0.4, 0.5) is 0 Å². The fourth-order valence-electron chi connectivity index (χ4n) is 6.71. The summed E-state index contributed by atoms with van der Waals surface area (Å²) in [5.74, 6) is 1.62. The van der Waals surface area contributed by atoms with Crippen LogP contribution in [0.1, 0.15) is 0 Å². The molecule has 228 valence electrons. The highest BCUT2D eigenvalue weighted by Crippen LogP contribution is 2.35. The summed E-state index contributed by atoms with van der Waals surface area (Å²) < 4.78 is 4.33. The van der Waals surface area contributed by atoms with Gasteiger partial charge in [-0.2, -0.15) is 9.97 Å². The van der Waals surface area contributed by atoms with Crippen molar-refractivity contribution in [3.63, 3.8) is 0 Å². The third-order valence-corrected chi connectivity index (χ3v) is 9.03. The molecule has 10 rings (SSSR count). The number of para-hydroxylation sites is 6. The molecule has 0 N–H and O–H groups in total. The van der Waals surface area contributed by atoms with E-state index in [0.717, 1.165) is 55.5 Å². The molecule has 4 aromatic heterocycles. The van der Waals surface area contributed by atoms with Crippen LogP contribution >= 0.6 is 23.2 Å². The maximum absolute atomic E-state index is 6.21. The number of halogens is 2. The SMILES string of the molecule is Clc1nc(-n2c3ccccc3c3ccccc32)c2ccccc2n1.Clc1nc(-n2c3ccccc3c3ccccc32)c2ccccc2n1. The van der Waals surface area contributed by atoms with Gasteiger partial charge in [0.25, 0.3) is 0 Å². The molecule has 48 heavy (non-hydrogen) atoms. The van der Waals surface area contributed by atoms with Crippen LogP contribution in [0.15, 0.2) is 146 Å². The van der Waals surface area contributed by atoms with Crippen LogP contribution in [0.5, 0.6) is 0 Å². The van der Waals surface area contributed by atoms with E-state index in [1.165, 1.54) is 21.5 Å². The van der Waals surface area contributed by atoms with Crippen molar-refractivity contribution >= 4 is 88.6 Å². The molecule has 0 bridgehead atoms. The summed E-state index contributed by atoms with van der Waals surface area (Å²) in [7, 11) is 0. The minimum absolute atomic E-state index is 0.255. The number of fused-ring (bicyclic) bond motifs is 8. The lowest BCUT2D eigenvalue weighted by molar-refractivity contribution is 1.07. The van der Waals surface area contributed by atoms with Crippen LogP contribution in [0.2, 0.25) is 10.6 Å². The summed E-state index contributed by atoms with van der Waals surface area (Å²) in [4.78, 5) is 17.8. The molecular weight excluding hydrogens is 635 g/mol. The molecule has 0 radical (unpaired) electrons. The minimum Gasteiger partial charge on any atom is -0.293 e. The first-order chi connectivity index (χ1) is 23.7. The molecule has 0 saturated heterocycles. The first-order valence-electron chi connectivity index (χ1n) is 15.5. The van der Waals surface area contributed by atoms with E-state index in [1.807, 2.05) is 72.8 Å². The molecule has 6 aromatic carbocycles. The normalized spacial score (nSPS) is 11.5. The molecule has 8 heteroatoms. The standard InChI is InChI=1S/2C20H12ClN3/c2*21-20-22-16-10-4-1-9-15(16)19(23-20)24-17-11-5-2-7-13(17)14-8-3-6-12-18(14)24/h2*1-12H. The zero-order valence-electron chi connectivity index (χ0n) is 25.3. The molecule has 0 fully saturated rings. The Balaban J connectivity index is 0.000000131. The van der Waals surface area contributed by atoms with Crippen LogP contribution in [0, 0.1) is 0 Å². The molecule has 0 saturated carbocycles. The second kappa shape index (κ2) is 11.5. The highest BCUT2D eigenvalue weighted by Gasteiger charge is 2.17. The number of hydrogen-bond acceptors (Lipinski definition) is 4. The molecule has 0 aliphatic rings. The summed E-state index contributed by atoms with van der Waals surface area (Å²) in [5, 5.41) is 7.27. The quantitative estimate of drug-likeness (QED) is 0.173. The van der Waals surface area contributed by atoms with Gasteiger partial charge in [0.1, 0.15) is 0 Å². The third kappa shape index (κ3) is 4.57. The Bertz CT molecular complexity index is 2540. The Kier molecular flexibility index (Phi) is 6.78. The zero-order chi connectivity index (χ0) is 32.2. The van der Waals surface area contributed by atoms with E-state index in [2.05, 4.69) is 102 Å². The van der Waals surface area contributed by atoms with Crippen LogP contribution in [-0.4, -0.2) is 29.1 Å². The van der Waals surface area contributed by atoms with Gasteiger partial charge in [-0.3, -0.25) is 9.13 Å². The van der Waals surface area contributed by atoms with E-state index in [4.69, 9.17) is 23.2 Å². The second-order valence-electron chi connectivity index (χ2n) is 11.4. The summed E-state index contributed by atoms with van der Waals surface area (Å²) >= 11 is 12.4. The second-order valence-corrected chi connectivity index (χ2v) is 12.1. The monoisotopic (exact) mass is 658 g/mol. The van der Waals surface area contributed by atoms with Gasteiger partial charge in [-0.1, -0.05) is 97.1 Å². The van der Waals surface area contributed by atoms with Crippen molar-refractivity contribution in [2.45, 2.75) is 0 Å². The summed E-state index contributed by atoms with van der Waals surface area (Å²) in [6.45, 7) is 0. The Morgan fingerprint density at radius 3 is 0.917 bits per heavy atom. The smallest absolute Gasteiger partial charge is 0.224 e.